The zero-order valence-corrected chi connectivity index (χ0v) is 16.3. The van der Waals surface area contributed by atoms with Crippen LogP contribution in [0.25, 0.3) is 0 Å². The molecule has 6 nitrogen and oxygen atoms in total. The highest BCUT2D eigenvalue weighted by Crippen LogP contribution is 2.18. The molecule has 7 heteroatoms. The molecule has 1 fully saturated rings. The number of aliphatic hydroxyl groups excluding tert-OH is 1. The largest absolute Gasteiger partial charge is 0.491 e. The predicted molar refractivity (Wildman–Crippen MR) is 104 cm³/mol. The van der Waals surface area contributed by atoms with Gasteiger partial charge in [-0.2, -0.15) is 0 Å². The van der Waals surface area contributed by atoms with Crippen molar-refractivity contribution in [3.63, 3.8) is 0 Å². The number of hydrogen-bond donors (Lipinski definition) is 2. The molecular formula is C20H26N2O4S. The normalized spacial score (nSPS) is 17.9. The Hall–Kier alpha value is -1.93. The van der Waals surface area contributed by atoms with Gasteiger partial charge >= 0.3 is 0 Å². The van der Waals surface area contributed by atoms with E-state index in [4.69, 9.17) is 9.84 Å². The third kappa shape index (κ3) is 5.52. The summed E-state index contributed by atoms with van der Waals surface area (Å²) in [5.41, 5.74) is 2.18. The fourth-order valence-electron chi connectivity index (χ4n) is 3.19. The van der Waals surface area contributed by atoms with Crippen molar-refractivity contribution in [2.75, 3.05) is 26.3 Å². The van der Waals surface area contributed by atoms with Crippen LogP contribution < -0.4 is 9.46 Å². The van der Waals surface area contributed by atoms with Gasteiger partial charge in [0.2, 0.25) is 10.0 Å². The Bertz CT molecular complexity index is 835. The molecule has 0 spiro atoms. The molecule has 1 aliphatic rings. The number of hydrogen-bond acceptors (Lipinski definition) is 5. The van der Waals surface area contributed by atoms with Crippen molar-refractivity contribution in [2.24, 2.45) is 0 Å². The molecule has 0 saturated carbocycles. The lowest BCUT2D eigenvalue weighted by molar-refractivity contribution is 0.201. The lowest BCUT2D eigenvalue weighted by Gasteiger charge is -2.17. The smallest absolute Gasteiger partial charge is 0.240 e. The number of nitrogens with one attached hydrogen (secondary N) is 1. The number of aliphatic hydroxyl groups is 1. The number of likely N-dealkylation sites (tertiary alicyclic amines) is 1. The van der Waals surface area contributed by atoms with Crippen molar-refractivity contribution < 1.29 is 18.3 Å². The predicted octanol–water partition coefficient (Wildman–Crippen LogP) is 1.92. The SMILES string of the molecule is Cc1ccc(S(=O)(=O)N[C@@H]2CCN(Cc3ccc(OCCO)cc3)C2)cc1. The number of rotatable bonds is 8. The van der Waals surface area contributed by atoms with Crippen LogP contribution in [0.15, 0.2) is 53.4 Å². The first-order valence-electron chi connectivity index (χ1n) is 9.10. The molecule has 1 atom stereocenters. The average molecular weight is 391 g/mol. The minimum absolute atomic E-state index is 0.00455. The third-order valence-electron chi connectivity index (χ3n) is 4.62. The fourth-order valence-corrected chi connectivity index (χ4v) is 4.45. The maximum Gasteiger partial charge on any atom is 0.240 e. The molecular weight excluding hydrogens is 364 g/mol. The van der Waals surface area contributed by atoms with Crippen molar-refractivity contribution in [1.82, 2.24) is 9.62 Å². The molecule has 0 unspecified atom stereocenters. The van der Waals surface area contributed by atoms with Gasteiger partial charge in [-0.15, -0.1) is 0 Å². The highest BCUT2D eigenvalue weighted by atomic mass is 32.2. The third-order valence-corrected chi connectivity index (χ3v) is 6.15. The van der Waals surface area contributed by atoms with E-state index >= 15 is 0 Å². The van der Waals surface area contributed by atoms with Crippen LogP contribution in [0.2, 0.25) is 0 Å². The first-order valence-corrected chi connectivity index (χ1v) is 10.6. The molecule has 0 radical (unpaired) electrons. The second kappa shape index (κ2) is 8.84. The van der Waals surface area contributed by atoms with Gasteiger partial charge in [0.15, 0.2) is 0 Å². The average Bonchev–Trinajstić information content (AvgIpc) is 3.07. The molecule has 0 aliphatic carbocycles. The summed E-state index contributed by atoms with van der Waals surface area (Å²) in [4.78, 5) is 2.55. The molecule has 146 valence electrons. The van der Waals surface area contributed by atoms with Crippen molar-refractivity contribution in [3.8, 4) is 5.75 Å². The molecule has 0 bridgehead atoms. The van der Waals surface area contributed by atoms with Gasteiger partial charge in [0.1, 0.15) is 12.4 Å². The summed E-state index contributed by atoms with van der Waals surface area (Å²) in [6, 6.07) is 14.6. The molecule has 0 amide bonds. The zero-order valence-electron chi connectivity index (χ0n) is 15.5. The standard InChI is InChI=1S/C20H26N2O4S/c1-16-2-8-20(9-3-16)27(24,25)21-18-10-11-22(15-18)14-17-4-6-19(7-5-17)26-13-12-23/h2-9,18,21,23H,10-15H2,1H3/t18-/m1/s1. The summed E-state index contributed by atoms with van der Waals surface area (Å²) >= 11 is 0. The van der Waals surface area contributed by atoms with E-state index in [0.717, 1.165) is 36.4 Å². The van der Waals surface area contributed by atoms with E-state index in [1.165, 1.54) is 0 Å². The highest BCUT2D eigenvalue weighted by Gasteiger charge is 2.27. The van der Waals surface area contributed by atoms with E-state index < -0.39 is 10.0 Å². The Kier molecular flexibility index (Phi) is 6.49. The lowest BCUT2D eigenvalue weighted by Crippen LogP contribution is -2.36. The summed E-state index contributed by atoms with van der Waals surface area (Å²) in [5.74, 6) is 0.734. The summed E-state index contributed by atoms with van der Waals surface area (Å²) < 4.78 is 33.2. The monoisotopic (exact) mass is 390 g/mol. The van der Waals surface area contributed by atoms with E-state index in [9.17, 15) is 8.42 Å². The van der Waals surface area contributed by atoms with Crippen LogP contribution in [0, 0.1) is 6.92 Å². The highest BCUT2D eigenvalue weighted by molar-refractivity contribution is 7.89. The van der Waals surface area contributed by atoms with Crippen molar-refractivity contribution in [1.29, 1.82) is 0 Å². The Morgan fingerprint density at radius 3 is 2.52 bits per heavy atom. The van der Waals surface area contributed by atoms with Crippen LogP contribution in [0.5, 0.6) is 5.75 Å². The summed E-state index contributed by atoms with van der Waals surface area (Å²) in [6.07, 6.45) is 0.794. The van der Waals surface area contributed by atoms with Gasteiger partial charge in [-0.3, -0.25) is 4.90 Å². The molecule has 1 saturated heterocycles. The van der Waals surface area contributed by atoms with E-state index in [-0.39, 0.29) is 19.3 Å². The van der Waals surface area contributed by atoms with Crippen LogP contribution in [0.1, 0.15) is 17.5 Å². The van der Waals surface area contributed by atoms with Gasteiger partial charge in [0.25, 0.3) is 0 Å². The van der Waals surface area contributed by atoms with E-state index in [1.807, 2.05) is 43.3 Å². The quantitative estimate of drug-likeness (QED) is 0.720. The van der Waals surface area contributed by atoms with Crippen LogP contribution in [0.3, 0.4) is 0 Å². The Balaban J connectivity index is 1.53. The number of sulfonamides is 1. The van der Waals surface area contributed by atoms with Gasteiger partial charge in [-0.05, 0) is 43.2 Å². The Morgan fingerprint density at radius 2 is 1.85 bits per heavy atom. The maximum atomic E-state index is 12.5. The summed E-state index contributed by atoms with van der Waals surface area (Å²) in [5, 5.41) is 8.78. The van der Waals surface area contributed by atoms with Gasteiger partial charge < -0.3 is 9.84 Å². The summed E-state index contributed by atoms with van der Waals surface area (Å²) in [6.45, 7) is 4.52. The second-order valence-electron chi connectivity index (χ2n) is 6.87. The van der Waals surface area contributed by atoms with Crippen molar-refractivity contribution in [2.45, 2.75) is 30.8 Å². The number of benzene rings is 2. The molecule has 2 N–H and O–H groups in total. The minimum Gasteiger partial charge on any atom is -0.491 e. The first-order chi connectivity index (χ1) is 13.0. The topological polar surface area (TPSA) is 78.9 Å². The van der Waals surface area contributed by atoms with Crippen molar-refractivity contribution in [3.05, 3.63) is 59.7 Å². The molecule has 27 heavy (non-hydrogen) atoms. The first kappa shape index (κ1) is 19.8. The molecule has 1 heterocycles. The Labute approximate surface area is 160 Å². The van der Waals surface area contributed by atoms with Crippen LogP contribution in [-0.2, 0) is 16.6 Å². The van der Waals surface area contributed by atoms with Crippen LogP contribution >= 0.6 is 0 Å². The minimum atomic E-state index is -3.48. The Morgan fingerprint density at radius 1 is 1.15 bits per heavy atom. The molecule has 2 aromatic rings. The zero-order chi connectivity index (χ0) is 19.3. The molecule has 2 aromatic carbocycles. The van der Waals surface area contributed by atoms with Gasteiger partial charge in [-0.1, -0.05) is 29.8 Å². The molecule has 3 rings (SSSR count). The fraction of sp³-hybridized carbons (Fsp3) is 0.400. The summed E-state index contributed by atoms with van der Waals surface area (Å²) in [7, 11) is -3.48. The van der Waals surface area contributed by atoms with Crippen molar-refractivity contribution >= 4 is 10.0 Å². The van der Waals surface area contributed by atoms with Gasteiger partial charge in [-0.25, -0.2) is 13.1 Å². The van der Waals surface area contributed by atoms with E-state index in [0.29, 0.717) is 11.4 Å². The maximum absolute atomic E-state index is 12.5. The lowest BCUT2D eigenvalue weighted by atomic mass is 10.2. The van der Waals surface area contributed by atoms with Gasteiger partial charge in [0.05, 0.1) is 11.5 Å². The van der Waals surface area contributed by atoms with E-state index in [2.05, 4.69) is 9.62 Å². The van der Waals surface area contributed by atoms with Crippen LogP contribution in [-0.4, -0.2) is 50.8 Å². The molecule has 0 aromatic heterocycles. The van der Waals surface area contributed by atoms with Crippen LogP contribution in [0.4, 0.5) is 0 Å². The second-order valence-corrected chi connectivity index (χ2v) is 8.59. The molecule has 1 aliphatic heterocycles. The van der Waals surface area contributed by atoms with Gasteiger partial charge in [0, 0.05) is 25.7 Å². The van der Waals surface area contributed by atoms with E-state index in [1.54, 1.807) is 12.1 Å². The number of aryl methyl sites for hydroxylation is 1. The number of nitrogens with zero attached hydrogens (tertiary/aromatic N) is 1. The number of ether oxygens (including phenoxy) is 1.